The van der Waals surface area contributed by atoms with E-state index in [0.29, 0.717) is 11.4 Å². The Morgan fingerprint density at radius 2 is 2.00 bits per heavy atom. The van der Waals surface area contributed by atoms with Crippen molar-refractivity contribution in [2.75, 3.05) is 32.2 Å². The van der Waals surface area contributed by atoms with E-state index in [1.54, 1.807) is 0 Å². The first-order valence-electron chi connectivity index (χ1n) is 5.28. The molecule has 1 atom stereocenters. The van der Waals surface area contributed by atoms with Gasteiger partial charge in [-0.05, 0) is 24.1 Å². The van der Waals surface area contributed by atoms with E-state index in [9.17, 15) is 5.11 Å². The van der Waals surface area contributed by atoms with Gasteiger partial charge in [0.25, 0.3) is 0 Å². The normalized spacial score (nSPS) is 12.6. The molecule has 16 heavy (non-hydrogen) atoms. The van der Waals surface area contributed by atoms with Gasteiger partial charge in [-0.1, -0.05) is 17.7 Å². The molecule has 0 heterocycles. The van der Waals surface area contributed by atoms with Crippen LogP contribution in [0.5, 0.6) is 0 Å². The Morgan fingerprint density at radius 1 is 1.31 bits per heavy atom. The van der Waals surface area contributed by atoms with Gasteiger partial charge in [0, 0.05) is 37.3 Å². The first-order chi connectivity index (χ1) is 7.60. The van der Waals surface area contributed by atoms with E-state index in [0.717, 1.165) is 11.3 Å². The van der Waals surface area contributed by atoms with Crippen LogP contribution in [0.3, 0.4) is 0 Å². The maximum atomic E-state index is 9.23. The fraction of sp³-hybridized carbons (Fsp3) is 0.500. The summed E-state index contributed by atoms with van der Waals surface area (Å²) in [6, 6.07) is 5.74. The Bertz CT molecular complexity index is 342. The predicted molar refractivity (Wildman–Crippen MR) is 67.3 cm³/mol. The molecular formula is C12H18ClNO2. The minimum atomic E-state index is -0.0892. The van der Waals surface area contributed by atoms with E-state index in [2.05, 4.69) is 0 Å². The highest BCUT2D eigenvalue weighted by Gasteiger charge is 2.14. The Morgan fingerprint density at radius 3 is 2.44 bits per heavy atom. The maximum Gasteiger partial charge on any atom is 0.0501 e. The number of halogens is 1. The third kappa shape index (κ3) is 3.11. The lowest BCUT2D eigenvalue weighted by molar-refractivity contribution is 0.220. The molecule has 0 aliphatic rings. The van der Waals surface area contributed by atoms with Gasteiger partial charge in [0.05, 0.1) is 6.61 Å². The second-order valence-electron chi connectivity index (χ2n) is 3.99. The van der Waals surface area contributed by atoms with Crippen molar-refractivity contribution in [2.45, 2.75) is 12.3 Å². The second-order valence-corrected chi connectivity index (χ2v) is 4.40. The quantitative estimate of drug-likeness (QED) is 0.830. The van der Waals surface area contributed by atoms with E-state index < -0.39 is 0 Å². The van der Waals surface area contributed by atoms with E-state index in [4.69, 9.17) is 16.7 Å². The van der Waals surface area contributed by atoms with Crippen molar-refractivity contribution in [3.63, 3.8) is 0 Å². The molecule has 0 amide bonds. The predicted octanol–water partition coefficient (Wildman–Crippen LogP) is 1.86. The molecule has 0 saturated carbocycles. The van der Waals surface area contributed by atoms with E-state index in [1.807, 2.05) is 37.2 Å². The van der Waals surface area contributed by atoms with Crippen molar-refractivity contribution in [3.05, 3.63) is 28.8 Å². The van der Waals surface area contributed by atoms with Crippen molar-refractivity contribution in [1.29, 1.82) is 0 Å². The van der Waals surface area contributed by atoms with Crippen LogP contribution in [0.1, 0.15) is 17.9 Å². The van der Waals surface area contributed by atoms with Crippen LogP contribution in [-0.2, 0) is 0 Å². The fourth-order valence-corrected chi connectivity index (χ4v) is 1.96. The molecule has 1 aromatic carbocycles. The zero-order valence-corrected chi connectivity index (χ0v) is 10.4. The van der Waals surface area contributed by atoms with Crippen LogP contribution >= 0.6 is 11.6 Å². The van der Waals surface area contributed by atoms with Crippen LogP contribution in [0.2, 0.25) is 5.02 Å². The highest BCUT2D eigenvalue weighted by molar-refractivity contribution is 6.31. The number of hydrogen-bond acceptors (Lipinski definition) is 3. The summed E-state index contributed by atoms with van der Waals surface area (Å²) in [6.45, 7) is 0.0541. The molecule has 0 bridgehead atoms. The summed E-state index contributed by atoms with van der Waals surface area (Å²) in [5.74, 6) is -0.0892. The number of aliphatic hydroxyl groups excluding tert-OH is 2. The first kappa shape index (κ1) is 13.3. The molecule has 4 heteroatoms. The lowest BCUT2D eigenvalue weighted by Crippen LogP contribution is -2.10. The maximum absolute atomic E-state index is 9.23. The monoisotopic (exact) mass is 243 g/mol. The Kier molecular flexibility index (Phi) is 5.06. The summed E-state index contributed by atoms with van der Waals surface area (Å²) >= 11 is 6.16. The number of hydrogen-bond donors (Lipinski definition) is 2. The minimum absolute atomic E-state index is 0.00158. The lowest BCUT2D eigenvalue weighted by Gasteiger charge is -2.18. The summed E-state index contributed by atoms with van der Waals surface area (Å²) in [5, 5.41) is 18.8. The van der Waals surface area contributed by atoms with Crippen molar-refractivity contribution in [3.8, 4) is 0 Å². The van der Waals surface area contributed by atoms with Gasteiger partial charge in [-0.15, -0.1) is 0 Å². The Balaban J connectivity index is 2.96. The van der Waals surface area contributed by atoms with Gasteiger partial charge < -0.3 is 15.1 Å². The third-order valence-corrected chi connectivity index (χ3v) is 2.97. The average molecular weight is 244 g/mol. The van der Waals surface area contributed by atoms with Gasteiger partial charge >= 0.3 is 0 Å². The molecule has 0 aliphatic carbocycles. The summed E-state index contributed by atoms with van der Waals surface area (Å²) in [5.41, 5.74) is 1.92. The first-order valence-corrected chi connectivity index (χ1v) is 5.66. The number of anilines is 1. The van der Waals surface area contributed by atoms with Crippen molar-refractivity contribution in [2.24, 2.45) is 0 Å². The molecule has 0 aromatic heterocycles. The number of rotatable bonds is 5. The largest absolute Gasteiger partial charge is 0.396 e. The minimum Gasteiger partial charge on any atom is -0.396 e. The van der Waals surface area contributed by atoms with Crippen LogP contribution in [0.15, 0.2) is 18.2 Å². The average Bonchev–Trinajstić information content (AvgIpc) is 2.26. The van der Waals surface area contributed by atoms with Crippen LogP contribution < -0.4 is 4.90 Å². The zero-order chi connectivity index (χ0) is 12.1. The van der Waals surface area contributed by atoms with Gasteiger partial charge in [0.2, 0.25) is 0 Å². The lowest BCUT2D eigenvalue weighted by atomic mass is 9.96. The molecule has 0 aliphatic heterocycles. The van der Waals surface area contributed by atoms with Gasteiger partial charge in [0.1, 0.15) is 0 Å². The number of benzene rings is 1. The molecule has 0 saturated heterocycles. The van der Waals surface area contributed by atoms with Gasteiger partial charge in [-0.3, -0.25) is 0 Å². The van der Waals surface area contributed by atoms with E-state index in [-0.39, 0.29) is 19.1 Å². The molecule has 3 nitrogen and oxygen atoms in total. The second kappa shape index (κ2) is 6.09. The van der Waals surface area contributed by atoms with Crippen molar-refractivity contribution < 1.29 is 10.2 Å². The highest BCUT2D eigenvalue weighted by Crippen LogP contribution is 2.29. The van der Waals surface area contributed by atoms with Crippen molar-refractivity contribution >= 4 is 17.3 Å². The molecule has 0 spiro atoms. The number of nitrogens with zero attached hydrogens (tertiary/aromatic N) is 1. The fourth-order valence-electron chi connectivity index (χ4n) is 1.63. The molecule has 90 valence electrons. The van der Waals surface area contributed by atoms with Crippen LogP contribution in [0.4, 0.5) is 5.69 Å². The summed E-state index contributed by atoms with van der Waals surface area (Å²) in [7, 11) is 3.89. The molecule has 1 rings (SSSR count). The van der Waals surface area contributed by atoms with E-state index >= 15 is 0 Å². The standard InChI is InChI=1S/C12H18ClNO2/c1-14(2)10-3-4-11(12(13)7-10)9(8-16)5-6-15/h3-4,7,9,15-16H,5-6,8H2,1-2H3/t9-/m0/s1. The van der Waals surface area contributed by atoms with Crippen LogP contribution in [0.25, 0.3) is 0 Å². The molecular weight excluding hydrogens is 226 g/mol. The summed E-state index contributed by atoms with van der Waals surface area (Å²) in [4.78, 5) is 1.97. The Labute approximate surface area is 101 Å². The molecule has 0 unspecified atom stereocenters. The molecule has 0 radical (unpaired) electrons. The molecule has 0 fully saturated rings. The number of aliphatic hydroxyl groups is 2. The third-order valence-electron chi connectivity index (χ3n) is 2.64. The highest BCUT2D eigenvalue weighted by atomic mass is 35.5. The van der Waals surface area contributed by atoms with Crippen molar-refractivity contribution in [1.82, 2.24) is 0 Å². The smallest absolute Gasteiger partial charge is 0.0501 e. The van der Waals surface area contributed by atoms with Gasteiger partial charge in [0.15, 0.2) is 0 Å². The molecule has 1 aromatic rings. The van der Waals surface area contributed by atoms with Crippen LogP contribution in [-0.4, -0.2) is 37.5 Å². The summed E-state index contributed by atoms with van der Waals surface area (Å²) in [6.07, 6.45) is 0.525. The van der Waals surface area contributed by atoms with E-state index in [1.165, 1.54) is 0 Å². The molecule has 2 N–H and O–H groups in total. The SMILES string of the molecule is CN(C)c1ccc([C@H](CO)CCO)c(Cl)c1. The topological polar surface area (TPSA) is 43.7 Å². The zero-order valence-electron chi connectivity index (χ0n) is 9.65. The van der Waals surface area contributed by atoms with Gasteiger partial charge in [-0.2, -0.15) is 0 Å². The Hall–Kier alpha value is -0.770. The summed E-state index contributed by atoms with van der Waals surface area (Å²) < 4.78 is 0. The van der Waals surface area contributed by atoms with Crippen LogP contribution in [0, 0.1) is 0 Å². The van der Waals surface area contributed by atoms with Gasteiger partial charge in [-0.25, -0.2) is 0 Å².